The first kappa shape index (κ1) is 23.8. The second-order valence-corrected chi connectivity index (χ2v) is 8.43. The summed E-state index contributed by atoms with van der Waals surface area (Å²) in [5, 5.41) is 10.8. The Morgan fingerprint density at radius 3 is 2.47 bits per heavy atom. The zero-order chi connectivity index (χ0) is 23.9. The van der Waals surface area contributed by atoms with E-state index in [1.54, 1.807) is 11.8 Å². The number of carbonyl (C=O) groups is 1. The van der Waals surface area contributed by atoms with E-state index >= 15 is 0 Å². The standard InChI is InChI=1S/C26H33N5O3/c1-4-34-25-19(2)24(31(29-25)21-13-9-6-10-14-21)28-26(32)27-23-18-30(15-16-33-3)17-22(23)20-11-7-5-8-12-20/h5-14,22-23H,4,15-18H2,1-3H3,(H2,27,28,32). The molecule has 8 nitrogen and oxygen atoms in total. The topological polar surface area (TPSA) is 80.6 Å². The van der Waals surface area contributed by atoms with E-state index < -0.39 is 0 Å². The number of methoxy groups -OCH3 is 1. The highest BCUT2D eigenvalue weighted by Crippen LogP contribution is 2.30. The molecule has 2 amide bonds. The molecule has 1 aliphatic heterocycles. The van der Waals surface area contributed by atoms with E-state index in [1.165, 1.54) is 5.56 Å². The fourth-order valence-electron chi connectivity index (χ4n) is 4.44. The Morgan fingerprint density at radius 1 is 1.09 bits per heavy atom. The van der Waals surface area contributed by atoms with Gasteiger partial charge >= 0.3 is 6.03 Å². The molecule has 180 valence electrons. The van der Waals surface area contributed by atoms with Gasteiger partial charge in [0.05, 0.1) is 30.5 Å². The van der Waals surface area contributed by atoms with Gasteiger partial charge in [0.2, 0.25) is 5.88 Å². The van der Waals surface area contributed by atoms with Crippen LogP contribution in [0, 0.1) is 6.92 Å². The third-order valence-corrected chi connectivity index (χ3v) is 6.14. The molecule has 0 saturated carbocycles. The van der Waals surface area contributed by atoms with Crippen LogP contribution in [0.1, 0.15) is 24.0 Å². The first-order valence-electron chi connectivity index (χ1n) is 11.7. The van der Waals surface area contributed by atoms with E-state index in [4.69, 9.17) is 9.47 Å². The van der Waals surface area contributed by atoms with Crippen molar-refractivity contribution in [3.05, 3.63) is 71.8 Å². The van der Waals surface area contributed by atoms with Gasteiger partial charge in [0.25, 0.3) is 0 Å². The minimum atomic E-state index is -0.261. The maximum atomic E-state index is 13.2. The molecule has 1 saturated heterocycles. The smallest absolute Gasteiger partial charge is 0.320 e. The number of carbonyl (C=O) groups excluding carboxylic acids is 1. The predicted octanol–water partition coefficient (Wildman–Crippen LogP) is 3.82. The zero-order valence-electron chi connectivity index (χ0n) is 20.0. The number of hydrogen-bond donors (Lipinski definition) is 2. The first-order valence-corrected chi connectivity index (χ1v) is 11.7. The summed E-state index contributed by atoms with van der Waals surface area (Å²) in [5.74, 6) is 1.30. The van der Waals surface area contributed by atoms with Gasteiger partial charge in [-0.3, -0.25) is 10.2 Å². The van der Waals surface area contributed by atoms with Crippen LogP contribution in [-0.4, -0.2) is 66.7 Å². The van der Waals surface area contributed by atoms with Crippen molar-refractivity contribution in [1.29, 1.82) is 0 Å². The number of rotatable bonds is 9. The van der Waals surface area contributed by atoms with Gasteiger partial charge in [-0.15, -0.1) is 5.10 Å². The minimum absolute atomic E-state index is 0.0287. The van der Waals surface area contributed by atoms with E-state index in [-0.39, 0.29) is 18.0 Å². The monoisotopic (exact) mass is 463 g/mol. The number of nitrogens with one attached hydrogen (secondary N) is 2. The Hall–Kier alpha value is -3.36. The molecule has 8 heteroatoms. The molecule has 0 radical (unpaired) electrons. The Labute approximate surface area is 200 Å². The fourth-order valence-corrected chi connectivity index (χ4v) is 4.44. The number of nitrogens with zero attached hydrogens (tertiary/aromatic N) is 3. The molecule has 0 aliphatic carbocycles. The molecule has 2 aromatic carbocycles. The van der Waals surface area contributed by atoms with Crippen molar-refractivity contribution in [1.82, 2.24) is 20.0 Å². The third kappa shape index (κ3) is 5.40. The Balaban J connectivity index is 1.54. The number of benzene rings is 2. The van der Waals surface area contributed by atoms with E-state index in [0.29, 0.717) is 24.9 Å². The van der Waals surface area contributed by atoms with Crippen molar-refractivity contribution in [3.8, 4) is 11.6 Å². The molecular formula is C26H33N5O3. The summed E-state index contributed by atoms with van der Waals surface area (Å²) in [6.07, 6.45) is 0. The van der Waals surface area contributed by atoms with Crippen LogP contribution in [0.2, 0.25) is 0 Å². The van der Waals surface area contributed by atoms with Crippen molar-refractivity contribution >= 4 is 11.8 Å². The first-order chi connectivity index (χ1) is 16.6. The van der Waals surface area contributed by atoms with Gasteiger partial charge in [-0.25, -0.2) is 9.48 Å². The summed E-state index contributed by atoms with van der Waals surface area (Å²) in [5.41, 5.74) is 2.85. The number of hydrogen-bond acceptors (Lipinski definition) is 5. The van der Waals surface area contributed by atoms with Gasteiger partial charge in [0.1, 0.15) is 5.82 Å². The van der Waals surface area contributed by atoms with Crippen LogP contribution in [0.3, 0.4) is 0 Å². The second-order valence-electron chi connectivity index (χ2n) is 8.43. The molecule has 0 spiro atoms. The third-order valence-electron chi connectivity index (χ3n) is 6.14. The molecule has 2 atom stereocenters. The highest BCUT2D eigenvalue weighted by atomic mass is 16.5. The van der Waals surface area contributed by atoms with Crippen LogP contribution < -0.4 is 15.4 Å². The lowest BCUT2D eigenvalue weighted by Gasteiger charge is -2.21. The highest BCUT2D eigenvalue weighted by molar-refractivity contribution is 5.90. The maximum absolute atomic E-state index is 13.2. The summed E-state index contributed by atoms with van der Waals surface area (Å²) in [6, 6.07) is 19.8. The lowest BCUT2D eigenvalue weighted by Crippen LogP contribution is -2.42. The lowest BCUT2D eigenvalue weighted by atomic mass is 9.94. The summed E-state index contributed by atoms with van der Waals surface area (Å²) in [6.45, 7) is 7.44. The molecule has 2 heterocycles. The van der Waals surface area contributed by atoms with Crippen LogP contribution in [0.5, 0.6) is 5.88 Å². The molecule has 4 rings (SSSR count). The molecule has 2 N–H and O–H groups in total. The van der Waals surface area contributed by atoms with Crippen molar-refractivity contribution < 1.29 is 14.3 Å². The largest absolute Gasteiger partial charge is 0.477 e. The SMILES string of the molecule is CCOc1nn(-c2ccccc2)c(NC(=O)NC2CN(CCOC)CC2c2ccccc2)c1C. The van der Waals surface area contributed by atoms with Gasteiger partial charge in [0, 0.05) is 32.7 Å². The molecular weight excluding hydrogens is 430 g/mol. The van der Waals surface area contributed by atoms with Crippen LogP contribution in [0.25, 0.3) is 5.69 Å². The van der Waals surface area contributed by atoms with Crippen LogP contribution in [0.15, 0.2) is 60.7 Å². The number of likely N-dealkylation sites (tertiary alicyclic amines) is 1. The zero-order valence-corrected chi connectivity index (χ0v) is 20.0. The van der Waals surface area contributed by atoms with E-state index in [2.05, 4.69) is 32.8 Å². The van der Waals surface area contributed by atoms with Crippen molar-refractivity contribution in [2.75, 3.05) is 45.3 Å². The van der Waals surface area contributed by atoms with Crippen molar-refractivity contribution in [2.45, 2.75) is 25.8 Å². The molecule has 3 aromatic rings. The predicted molar refractivity (Wildman–Crippen MR) is 133 cm³/mol. The summed E-state index contributed by atoms with van der Waals surface area (Å²) < 4.78 is 12.7. The van der Waals surface area contributed by atoms with Gasteiger partial charge in [0.15, 0.2) is 0 Å². The summed E-state index contributed by atoms with van der Waals surface area (Å²) >= 11 is 0. The molecule has 0 bridgehead atoms. The van der Waals surface area contributed by atoms with Crippen molar-refractivity contribution in [3.63, 3.8) is 0 Å². The van der Waals surface area contributed by atoms with Crippen LogP contribution in [-0.2, 0) is 4.74 Å². The lowest BCUT2D eigenvalue weighted by molar-refractivity contribution is 0.159. The Morgan fingerprint density at radius 2 is 1.79 bits per heavy atom. The fraction of sp³-hybridized carbons (Fsp3) is 0.385. The van der Waals surface area contributed by atoms with Crippen LogP contribution in [0.4, 0.5) is 10.6 Å². The van der Waals surface area contributed by atoms with Gasteiger partial charge in [-0.1, -0.05) is 48.5 Å². The number of urea groups is 1. The summed E-state index contributed by atoms with van der Waals surface area (Å²) in [4.78, 5) is 15.6. The van der Waals surface area contributed by atoms with E-state index in [0.717, 1.165) is 30.9 Å². The summed E-state index contributed by atoms with van der Waals surface area (Å²) in [7, 11) is 1.71. The highest BCUT2D eigenvalue weighted by Gasteiger charge is 2.35. The average molecular weight is 464 g/mol. The quantitative estimate of drug-likeness (QED) is 0.504. The normalized spacial score (nSPS) is 18.1. The molecule has 34 heavy (non-hydrogen) atoms. The number of anilines is 1. The number of amides is 2. The van der Waals surface area contributed by atoms with Crippen LogP contribution >= 0.6 is 0 Å². The van der Waals surface area contributed by atoms with Gasteiger partial charge < -0.3 is 14.8 Å². The maximum Gasteiger partial charge on any atom is 0.320 e. The number of ether oxygens (including phenoxy) is 2. The van der Waals surface area contributed by atoms with Gasteiger partial charge in [-0.05, 0) is 31.5 Å². The van der Waals surface area contributed by atoms with Crippen molar-refractivity contribution in [2.24, 2.45) is 0 Å². The number of para-hydroxylation sites is 1. The minimum Gasteiger partial charge on any atom is -0.477 e. The van der Waals surface area contributed by atoms with E-state index in [1.807, 2.05) is 62.4 Å². The average Bonchev–Trinajstić information content (AvgIpc) is 3.40. The molecule has 1 aromatic heterocycles. The number of aromatic nitrogens is 2. The molecule has 1 aliphatic rings. The van der Waals surface area contributed by atoms with E-state index in [9.17, 15) is 4.79 Å². The molecule has 1 fully saturated rings. The Bertz CT molecular complexity index is 1070. The second kappa shape index (κ2) is 11.2. The van der Waals surface area contributed by atoms with Gasteiger partial charge in [-0.2, -0.15) is 0 Å². The Kier molecular flexibility index (Phi) is 7.82. The molecule has 2 unspecified atom stereocenters.